The third-order valence-corrected chi connectivity index (χ3v) is 3.20. The molecule has 0 saturated heterocycles. The number of hydrogen-bond acceptors (Lipinski definition) is 6. The molecule has 0 saturated carbocycles. The molecular formula is C15H18IN3O3. The Balaban J connectivity index is 0.000000626. The molecule has 0 fully saturated rings. The van der Waals surface area contributed by atoms with E-state index in [9.17, 15) is 5.11 Å². The molecule has 0 bridgehead atoms. The summed E-state index contributed by atoms with van der Waals surface area (Å²) in [6.07, 6.45) is 2.40. The topological polar surface area (TPSA) is 112 Å². The van der Waals surface area contributed by atoms with E-state index in [1.807, 2.05) is 22.6 Å². The van der Waals surface area contributed by atoms with Gasteiger partial charge in [-0.05, 0) is 59.3 Å². The summed E-state index contributed by atoms with van der Waals surface area (Å²) in [4.78, 5) is 0. The number of nitriles is 2. The van der Waals surface area contributed by atoms with E-state index in [1.165, 1.54) is 13.2 Å². The number of phenols is 1. The van der Waals surface area contributed by atoms with Gasteiger partial charge in [-0.1, -0.05) is 0 Å². The van der Waals surface area contributed by atoms with Gasteiger partial charge in [0.1, 0.15) is 17.7 Å². The van der Waals surface area contributed by atoms with Gasteiger partial charge in [-0.15, -0.1) is 0 Å². The highest BCUT2D eigenvalue weighted by Gasteiger charge is 2.07. The summed E-state index contributed by atoms with van der Waals surface area (Å²) in [5.41, 5.74) is 5.77. The van der Waals surface area contributed by atoms with Gasteiger partial charge in [0, 0.05) is 13.7 Å². The zero-order chi connectivity index (χ0) is 17.0. The van der Waals surface area contributed by atoms with E-state index in [0.29, 0.717) is 14.9 Å². The number of phenolic OH excluding ortho intramolecular Hbond substituents is 1. The van der Waals surface area contributed by atoms with Crippen LogP contribution in [0.1, 0.15) is 12.0 Å². The average molecular weight is 415 g/mol. The summed E-state index contributed by atoms with van der Waals surface area (Å²) in [7, 11) is 3.11. The molecule has 22 heavy (non-hydrogen) atoms. The van der Waals surface area contributed by atoms with Gasteiger partial charge in [-0.3, -0.25) is 0 Å². The molecule has 0 aromatic heterocycles. The van der Waals surface area contributed by atoms with E-state index in [4.69, 9.17) is 25.7 Å². The summed E-state index contributed by atoms with van der Waals surface area (Å²) in [6, 6.07) is 6.75. The minimum atomic E-state index is 0.00328. The molecule has 0 amide bonds. The minimum absolute atomic E-state index is 0.00328. The maximum Gasteiger partial charge on any atom is 0.171 e. The van der Waals surface area contributed by atoms with Crippen LogP contribution in [-0.4, -0.2) is 32.5 Å². The summed E-state index contributed by atoms with van der Waals surface area (Å²) < 4.78 is 10.3. The van der Waals surface area contributed by atoms with Crippen LogP contribution in [0, 0.1) is 26.2 Å². The lowest BCUT2D eigenvalue weighted by Crippen LogP contribution is -2.01. The maximum absolute atomic E-state index is 9.59. The molecule has 0 atom stereocenters. The molecule has 0 spiro atoms. The van der Waals surface area contributed by atoms with Crippen molar-refractivity contribution >= 4 is 28.7 Å². The van der Waals surface area contributed by atoms with Crippen LogP contribution in [-0.2, 0) is 4.74 Å². The van der Waals surface area contributed by atoms with Gasteiger partial charge in [-0.2, -0.15) is 10.5 Å². The van der Waals surface area contributed by atoms with E-state index in [2.05, 4.69) is 0 Å². The van der Waals surface area contributed by atoms with Crippen molar-refractivity contribution in [3.05, 3.63) is 26.8 Å². The zero-order valence-corrected chi connectivity index (χ0v) is 14.6. The monoisotopic (exact) mass is 415 g/mol. The van der Waals surface area contributed by atoms with Crippen LogP contribution >= 0.6 is 22.6 Å². The van der Waals surface area contributed by atoms with Crippen molar-refractivity contribution in [1.82, 2.24) is 0 Å². The molecular weight excluding hydrogens is 397 g/mol. The minimum Gasteiger partial charge on any atom is -0.504 e. The third kappa shape index (κ3) is 7.27. The maximum atomic E-state index is 9.59. The Kier molecular flexibility index (Phi) is 10.8. The Morgan fingerprint density at radius 2 is 2.00 bits per heavy atom. The number of aromatic hydroxyl groups is 1. The van der Waals surface area contributed by atoms with Gasteiger partial charge in [0.15, 0.2) is 11.5 Å². The lowest BCUT2D eigenvalue weighted by Gasteiger charge is -2.06. The SMILES string of the molecule is COCCCN.COc1cc(C=C(C#N)C#N)cc(I)c1O. The number of methoxy groups -OCH3 is 2. The predicted molar refractivity (Wildman–Crippen MR) is 92.1 cm³/mol. The first-order chi connectivity index (χ1) is 10.5. The Morgan fingerprint density at radius 1 is 1.36 bits per heavy atom. The van der Waals surface area contributed by atoms with Crippen molar-refractivity contribution in [2.24, 2.45) is 5.73 Å². The van der Waals surface area contributed by atoms with Crippen LogP contribution in [0.3, 0.4) is 0 Å². The second kappa shape index (κ2) is 11.8. The molecule has 1 rings (SSSR count). The lowest BCUT2D eigenvalue weighted by molar-refractivity contribution is 0.197. The molecule has 1 aromatic rings. The summed E-state index contributed by atoms with van der Waals surface area (Å²) in [5, 5.41) is 26.8. The van der Waals surface area contributed by atoms with Gasteiger partial charge in [0.05, 0.1) is 10.7 Å². The van der Waals surface area contributed by atoms with E-state index in [0.717, 1.165) is 19.6 Å². The molecule has 0 aliphatic heterocycles. The molecule has 6 nitrogen and oxygen atoms in total. The van der Waals surface area contributed by atoms with Crippen LogP contribution in [0.15, 0.2) is 17.7 Å². The Morgan fingerprint density at radius 3 is 2.41 bits per heavy atom. The summed E-state index contributed by atoms with van der Waals surface area (Å²) >= 11 is 1.94. The van der Waals surface area contributed by atoms with Crippen molar-refractivity contribution in [1.29, 1.82) is 10.5 Å². The smallest absolute Gasteiger partial charge is 0.171 e. The Hall–Kier alpha value is -1.81. The number of halogens is 1. The average Bonchev–Trinajstić information content (AvgIpc) is 2.54. The number of hydrogen-bond donors (Lipinski definition) is 2. The number of nitrogens with two attached hydrogens (primary N) is 1. The molecule has 3 N–H and O–H groups in total. The van der Waals surface area contributed by atoms with Crippen LogP contribution < -0.4 is 10.5 Å². The fourth-order valence-corrected chi connectivity index (χ4v) is 1.94. The van der Waals surface area contributed by atoms with Crippen LogP contribution in [0.4, 0.5) is 0 Å². The van der Waals surface area contributed by atoms with E-state index in [-0.39, 0.29) is 11.3 Å². The molecule has 1 aromatic carbocycles. The summed E-state index contributed by atoms with van der Waals surface area (Å²) in [6.45, 7) is 1.52. The van der Waals surface area contributed by atoms with Crippen molar-refractivity contribution in [2.75, 3.05) is 27.4 Å². The lowest BCUT2D eigenvalue weighted by atomic mass is 10.1. The molecule has 7 heteroatoms. The van der Waals surface area contributed by atoms with Crippen molar-refractivity contribution in [3.8, 4) is 23.6 Å². The number of benzene rings is 1. The van der Waals surface area contributed by atoms with Crippen molar-refractivity contribution in [2.45, 2.75) is 6.42 Å². The highest BCUT2D eigenvalue weighted by molar-refractivity contribution is 14.1. The normalized spacial score (nSPS) is 8.82. The second-order valence-electron chi connectivity index (χ2n) is 3.97. The number of nitrogens with zero attached hydrogens (tertiary/aromatic N) is 2. The first kappa shape index (κ1) is 20.2. The Labute approximate surface area is 143 Å². The highest BCUT2D eigenvalue weighted by atomic mass is 127. The molecule has 118 valence electrons. The molecule has 0 aliphatic rings. The Bertz CT molecular complexity index is 569. The molecule has 0 unspecified atom stereocenters. The first-order valence-electron chi connectivity index (χ1n) is 6.31. The number of rotatable bonds is 5. The van der Waals surface area contributed by atoms with Gasteiger partial charge < -0.3 is 20.3 Å². The number of allylic oxidation sites excluding steroid dienone is 1. The largest absolute Gasteiger partial charge is 0.504 e. The van der Waals surface area contributed by atoms with Gasteiger partial charge in [0.25, 0.3) is 0 Å². The summed E-state index contributed by atoms with van der Waals surface area (Å²) in [5.74, 6) is 0.365. The second-order valence-corrected chi connectivity index (χ2v) is 5.13. The molecule has 0 aliphatic carbocycles. The number of ether oxygens (including phenoxy) is 2. The van der Waals surface area contributed by atoms with E-state index in [1.54, 1.807) is 31.4 Å². The van der Waals surface area contributed by atoms with Crippen molar-refractivity contribution in [3.63, 3.8) is 0 Å². The molecule has 0 radical (unpaired) electrons. The van der Waals surface area contributed by atoms with Crippen LogP contribution in [0.5, 0.6) is 11.5 Å². The van der Waals surface area contributed by atoms with Gasteiger partial charge >= 0.3 is 0 Å². The van der Waals surface area contributed by atoms with Crippen LogP contribution in [0.25, 0.3) is 6.08 Å². The van der Waals surface area contributed by atoms with Gasteiger partial charge in [0.2, 0.25) is 0 Å². The standard InChI is InChI=1S/C11H7IN2O2.C4H11NO/c1-16-10-4-7(2-8(5-13)6-14)3-9(12)11(10)15;1-6-4-2-3-5/h2-4,15H,1H3;2-5H2,1H3. The van der Waals surface area contributed by atoms with Crippen molar-refractivity contribution < 1.29 is 14.6 Å². The van der Waals surface area contributed by atoms with E-state index < -0.39 is 0 Å². The first-order valence-corrected chi connectivity index (χ1v) is 7.39. The van der Waals surface area contributed by atoms with Crippen LogP contribution in [0.2, 0.25) is 0 Å². The highest BCUT2D eigenvalue weighted by Crippen LogP contribution is 2.32. The third-order valence-electron chi connectivity index (χ3n) is 2.38. The zero-order valence-electron chi connectivity index (χ0n) is 12.5. The fraction of sp³-hybridized carbons (Fsp3) is 0.333. The van der Waals surface area contributed by atoms with E-state index >= 15 is 0 Å². The molecule has 0 heterocycles. The van der Waals surface area contributed by atoms with Gasteiger partial charge in [-0.25, -0.2) is 0 Å². The quantitative estimate of drug-likeness (QED) is 0.434. The fourth-order valence-electron chi connectivity index (χ4n) is 1.32. The predicted octanol–water partition coefficient (Wildman–Crippen LogP) is 2.42.